The zero-order valence-electron chi connectivity index (χ0n) is 6.43. The van der Waals surface area contributed by atoms with Crippen molar-refractivity contribution in [3.05, 3.63) is 18.6 Å². The molecule has 0 aliphatic heterocycles. The summed E-state index contributed by atoms with van der Waals surface area (Å²) in [6.07, 6.45) is 6.35. The largest absolute Gasteiger partial charge is 0.406 e. The van der Waals surface area contributed by atoms with Gasteiger partial charge in [-0.25, -0.2) is 4.98 Å². The molecule has 1 aliphatic carbocycles. The van der Waals surface area contributed by atoms with E-state index in [4.69, 9.17) is 4.74 Å². The Hall–Kier alpha value is -1.45. The lowest BCUT2D eigenvalue weighted by molar-refractivity contribution is -0.136. The fourth-order valence-electron chi connectivity index (χ4n) is 0.844. The Morgan fingerprint density at radius 3 is 2.92 bits per heavy atom. The molecule has 0 saturated heterocycles. The summed E-state index contributed by atoms with van der Waals surface area (Å²) in [6.45, 7) is 0. The fraction of sp³-hybridized carbons (Fsp3) is 0.375. The number of aromatic nitrogens is 2. The summed E-state index contributed by atoms with van der Waals surface area (Å²) >= 11 is 0. The van der Waals surface area contributed by atoms with Crippen LogP contribution in [0.15, 0.2) is 18.6 Å². The molecule has 0 atom stereocenters. The Balaban J connectivity index is 1.98. The second kappa shape index (κ2) is 2.89. The highest BCUT2D eigenvalue weighted by atomic mass is 16.5. The number of carbonyl (C=O) groups is 1. The highest BCUT2D eigenvalue weighted by molar-refractivity contribution is 5.76. The van der Waals surface area contributed by atoms with Crippen LogP contribution < -0.4 is 4.74 Å². The molecular formula is C8H8N2O2. The molecular weight excluding hydrogens is 156 g/mol. The van der Waals surface area contributed by atoms with Crippen LogP contribution in [0.5, 0.6) is 5.88 Å². The van der Waals surface area contributed by atoms with Crippen molar-refractivity contribution in [1.82, 2.24) is 9.97 Å². The molecule has 0 aromatic carbocycles. The van der Waals surface area contributed by atoms with Crippen LogP contribution in [0.1, 0.15) is 12.8 Å². The molecule has 0 radical (unpaired) electrons. The van der Waals surface area contributed by atoms with Crippen LogP contribution in [0.25, 0.3) is 0 Å². The van der Waals surface area contributed by atoms with E-state index in [2.05, 4.69) is 9.97 Å². The monoisotopic (exact) mass is 164 g/mol. The number of ether oxygens (including phenoxy) is 1. The van der Waals surface area contributed by atoms with Crippen molar-refractivity contribution in [3.8, 4) is 5.88 Å². The Bertz CT molecular complexity index is 282. The van der Waals surface area contributed by atoms with Gasteiger partial charge in [-0.2, -0.15) is 0 Å². The van der Waals surface area contributed by atoms with Gasteiger partial charge in [0.2, 0.25) is 5.88 Å². The zero-order chi connectivity index (χ0) is 8.39. The maximum absolute atomic E-state index is 11.1. The Kier molecular flexibility index (Phi) is 1.74. The maximum atomic E-state index is 11.1. The second-order valence-corrected chi connectivity index (χ2v) is 2.74. The van der Waals surface area contributed by atoms with Gasteiger partial charge in [-0.05, 0) is 12.8 Å². The predicted octanol–water partition coefficient (Wildman–Crippen LogP) is 0.792. The first-order valence-electron chi connectivity index (χ1n) is 3.84. The van der Waals surface area contributed by atoms with E-state index >= 15 is 0 Å². The van der Waals surface area contributed by atoms with Gasteiger partial charge >= 0.3 is 5.97 Å². The molecule has 1 aromatic heterocycles. The van der Waals surface area contributed by atoms with Crippen molar-refractivity contribution >= 4 is 5.97 Å². The van der Waals surface area contributed by atoms with Crippen LogP contribution in [0, 0.1) is 5.92 Å². The van der Waals surface area contributed by atoms with Crippen molar-refractivity contribution in [3.63, 3.8) is 0 Å². The number of hydrogen-bond donors (Lipinski definition) is 0. The summed E-state index contributed by atoms with van der Waals surface area (Å²) < 4.78 is 4.93. The van der Waals surface area contributed by atoms with Crippen molar-refractivity contribution < 1.29 is 9.53 Å². The highest BCUT2D eigenvalue weighted by Gasteiger charge is 2.31. The average molecular weight is 164 g/mol. The van der Waals surface area contributed by atoms with E-state index in [1.165, 1.54) is 18.6 Å². The minimum atomic E-state index is -0.185. The second-order valence-electron chi connectivity index (χ2n) is 2.74. The van der Waals surface area contributed by atoms with Crippen molar-refractivity contribution in [2.75, 3.05) is 0 Å². The van der Waals surface area contributed by atoms with E-state index in [0.717, 1.165) is 12.8 Å². The Labute approximate surface area is 69.6 Å². The smallest absolute Gasteiger partial charge is 0.315 e. The molecule has 1 aromatic rings. The minimum absolute atomic E-state index is 0.104. The van der Waals surface area contributed by atoms with Crippen LogP contribution >= 0.6 is 0 Å². The molecule has 2 rings (SSSR count). The summed E-state index contributed by atoms with van der Waals surface area (Å²) in [4.78, 5) is 18.7. The van der Waals surface area contributed by atoms with Gasteiger partial charge in [0, 0.05) is 12.4 Å². The third kappa shape index (κ3) is 1.58. The molecule has 0 amide bonds. The van der Waals surface area contributed by atoms with E-state index in [-0.39, 0.29) is 17.8 Å². The van der Waals surface area contributed by atoms with Gasteiger partial charge in [-0.15, -0.1) is 0 Å². The molecule has 0 N–H and O–H groups in total. The van der Waals surface area contributed by atoms with Gasteiger partial charge in [-0.3, -0.25) is 9.78 Å². The lowest BCUT2D eigenvalue weighted by Crippen LogP contribution is -2.10. The number of esters is 1. The van der Waals surface area contributed by atoms with E-state index in [0.29, 0.717) is 0 Å². The van der Waals surface area contributed by atoms with E-state index < -0.39 is 0 Å². The molecule has 0 unspecified atom stereocenters. The van der Waals surface area contributed by atoms with Crippen LogP contribution in [0.2, 0.25) is 0 Å². The molecule has 1 aliphatic rings. The third-order valence-corrected chi connectivity index (χ3v) is 1.66. The van der Waals surface area contributed by atoms with Crippen molar-refractivity contribution in [1.29, 1.82) is 0 Å². The van der Waals surface area contributed by atoms with Gasteiger partial charge in [0.1, 0.15) is 0 Å². The molecule has 1 saturated carbocycles. The minimum Gasteiger partial charge on any atom is -0.406 e. The first-order chi connectivity index (χ1) is 5.86. The summed E-state index contributed by atoms with van der Waals surface area (Å²) in [7, 11) is 0. The van der Waals surface area contributed by atoms with Crippen molar-refractivity contribution in [2.45, 2.75) is 12.8 Å². The molecule has 1 fully saturated rings. The molecule has 4 heteroatoms. The van der Waals surface area contributed by atoms with E-state index in [9.17, 15) is 4.79 Å². The number of carbonyl (C=O) groups excluding carboxylic acids is 1. The number of rotatable bonds is 2. The van der Waals surface area contributed by atoms with E-state index in [1.807, 2.05) is 0 Å². The normalized spacial score (nSPS) is 15.7. The van der Waals surface area contributed by atoms with Crippen LogP contribution in [-0.4, -0.2) is 15.9 Å². The lowest BCUT2D eigenvalue weighted by atomic mass is 10.4. The average Bonchev–Trinajstić information content (AvgIpc) is 2.88. The molecule has 4 nitrogen and oxygen atoms in total. The molecule has 12 heavy (non-hydrogen) atoms. The SMILES string of the molecule is O=C(Oc1cnccn1)C1CC1. The Morgan fingerprint density at radius 1 is 1.50 bits per heavy atom. The summed E-state index contributed by atoms with van der Waals surface area (Å²) in [5.74, 6) is 0.205. The molecule has 0 spiro atoms. The van der Waals surface area contributed by atoms with Crippen LogP contribution in [-0.2, 0) is 4.79 Å². The first-order valence-corrected chi connectivity index (χ1v) is 3.84. The highest BCUT2D eigenvalue weighted by Crippen LogP contribution is 2.30. The third-order valence-electron chi connectivity index (χ3n) is 1.66. The van der Waals surface area contributed by atoms with Gasteiger partial charge < -0.3 is 4.74 Å². The first kappa shape index (κ1) is 7.21. The quantitative estimate of drug-likeness (QED) is 0.606. The molecule has 0 bridgehead atoms. The van der Waals surface area contributed by atoms with Crippen molar-refractivity contribution in [2.24, 2.45) is 5.92 Å². The van der Waals surface area contributed by atoms with Crippen LogP contribution in [0.4, 0.5) is 0 Å². The summed E-state index contributed by atoms with van der Waals surface area (Å²) in [5.41, 5.74) is 0. The zero-order valence-corrected chi connectivity index (χ0v) is 6.43. The van der Waals surface area contributed by atoms with E-state index in [1.54, 1.807) is 0 Å². The lowest BCUT2D eigenvalue weighted by Gasteiger charge is -1.99. The van der Waals surface area contributed by atoms with Gasteiger partial charge in [0.05, 0.1) is 12.1 Å². The maximum Gasteiger partial charge on any atom is 0.315 e. The van der Waals surface area contributed by atoms with Gasteiger partial charge in [0.15, 0.2) is 0 Å². The summed E-state index contributed by atoms with van der Waals surface area (Å²) in [6, 6.07) is 0. The van der Waals surface area contributed by atoms with Gasteiger partial charge in [-0.1, -0.05) is 0 Å². The topological polar surface area (TPSA) is 52.1 Å². The number of nitrogens with zero attached hydrogens (tertiary/aromatic N) is 2. The standard InChI is InChI=1S/C8H8N2O2/c11-8(6-1-2-6)12-7-5-9-3-4-10-7/h3-6H,1-2H2. The number of hydrogen-bond acceptors (Lipinski definition) is 4. The van der Waals surface area contributed by atoms with Crippen LogP contribution in [0.3, 0.4) is 0 Å². The molecule has 62 valence electrons. The van der Waals surface area contributed by atoms with Gasteiger partial charge in [0.25, 0.3) is 0 Å². The Morgan fingerprint density at radius 2 is 2.33 bits per heavy atom. The molecule has 1 heterocycles. The predicted molar refractivity (Wildman–Crippen MR) is 40.4 cm³/mol. The summed E-state index contributed by atoms with van der Waals surface area (Å²) in [5, 5.41) is 0. The fourth-order valence-corrected chi connectivity index (χ4v) is 0.844.